The number of nitrogens with one attached hydrogen (secondary N) is 1. The molecule has 0 rings (SSSR count). The first-order valence-electron chi connectivity index (χ1n) is 26.9. The van der Waals surface area contributed by atoms with Gasteiger partial charge in [0.1, 0.15) is 6.10 Å². The predicted molar refractivity (Wildman–Crippen MR) is 260 cm³/mol. The number of hydrogen-bond donors (Lipinski definition) is 3. The van der Waals surface area contributed by atoms with Gasteiger partial charge in [-0.3, -0.25) is 9.59 Å². The second-order valence-corrected chi connectivity index (χ2v) is 18.6. The highest BCUT2D eigenvalue weighted by Crippen LogP contribution is 2.18. The van der Waals surface area contributed by atoms with Crippen LogP contribution in [0.15, 0.2) is 12.2 Å². The van der Waals surface area contributed by atoms with Gasteiger partial charge in [-0.05, 0) is 51.4 Å². The Bertz CT molecular complexity index is 909. The third-order valence-electron chi connectivity index (χ3n) is 12.6. The Morgan fingerprint density at radius 2 is 0.800 bits per heavy atom. The maximum absolute atomic E-state index is 13.2. The van der Waals surface area contributed by atoms with Crippen molar-refractivity contribution in [3.05, 3.63) is 12.2 Å². The summed E-state index contributed by atoms with van der Waals surface area (Å²) >= 11 is 0. The molecule has 356 valence electrons. The van der Waals surface area contributed by atoms with Crippen molar-refractivity contribution in [1.82, 2.24) is 5.32 Å². The smallest absolute Gasteiger partial charge is 0.306 e. The Balaban J connectivity index is 4.50. The maximum atomic E-state index is 13.2. The van der Waals surface area contributed by atoms with E-state index in [1.165, 1.54) is 199 Å². The molecular weight excluding hydrogens is 743 g/mol. The summed E-state index contributed by atoms with van der Waals surface area (Å²) in [6.07, 6.45) is 54.2. The van der Waals surface area contributed by atoms with Crippen LogP contribution in [0.2, 0.25) is 0 Å². The van der Waals surface area contributed by atoms with Crippen molar-refractivity contribution in [2.45, 2.75) is 315 Å². The molecule has 1 amide bonds. The highest BCUT2D eigenvalue weighted by atomic mass is 16.5. The van der Waals surface area contributed by atoms with Crippen LogP contribution < -0.4 is 5.32 Å². The van der Waals surface area contributed by atoms with Gasteiger partial charge < -0.3 is 20.3 Å². The number of rotatable bonds is 49. The van der Waals surface area contributed by atoms with E-state index >= 15 is 0 Å². The molecule has 3 N–H and O–H groups in total. The van der Waals surface area contributed by atoms with E-state index in [9.17, 15) is 19.8 Å². The molecule has 6 heteroatoms. The van der Waals surface area contributed by atoms with Crippen LogP contribution in [0, 0.1) is 0 Å². The molecule has 0 bridgehead atoms. The van der Waals surface area contributed by atoms with Crippen molar-refractivity contribution < 1.29 is 24.5 Å². The third-order valence-corrected chi connectivity index (χ3v) is 12.6. The first-order valence-corrected chi connectivity index (χ1v) is 26.9. The van der Waals surface area contributed by atoms with Crippen molar-refractivity contribution in [3.63, 3.8) is 0 Å². The molecule has 0 saturated carbocycles. The minimum atomic E-state index is -0.782. The number of hydrogen-bond acceptors (Lipinski definition) is 5. The molecular formula is C54H105NO5. The largest absolute Gasteiger partial charge is 0.462 e. The van der Waals surface area contributed by atoms with Crippen molar-refractivity contribution in [3.8, 4) is 0 Å². The summed E-state index contributed by atoms with van der Waals surface area (Å²) < 4.78 is 5.94. The summed E-state index contributed by atoms with van der Waals surface area (Å²) in [6.45, 7) is 6.50. The summed E-state index contributed by atoms with van der Waals surface area (Å²) in [4.78, 5) is 26.1. The van der Waals surface area contributed by atoms with Crippen LogP contribution in [-0.2, 0) is 14.3 Å². The van der Waals surface area contributed by atoms with Gasteiger partial charge in [0, 0.05) is 6.42 Å². The molecule has 6 nitrogen and oxygen atoms in total. The molecule has 0 aliphatic carbocycles. The van der Waals surface area contributed by atoms with Gasteiger partial charge in [0.25, 0.3) is 0 Å². The SMILES string of the molecule is CCCCCCCCCCC/C=C/CCCCCCCC(=O)OC(CCCCCCCCCCCCCCC)CC(=O)NC(CO)C(O)CCCCCCCCCCCC. The molecule has 0 aromatic rings. The van der Waals surface area contributed by atoms with Crippen molar-refractivity contribution in [1.29, 1.82) is 0 Å². The normalized spacial score (nSPS) is 13.2. The summed E-state index contributed by atoms with van der Waals surface area (Å²) in [5, 5.41) is 23.7. The van der Waals surface area contributed by atoms with Gasteiger partial charge in [0.05, 0.1) is 25.2 Å². The summed E-state index contributed by atoms with van der Waals surface area (Å²) in [5.41, 5.74) is 0. The lowest BCUT2D eigenvalue weighted by molar-refractivity contribution is -0.151. The van der Waals surface area contributed by atoms with Crippen LogP contribution in [0.1, 0.15) is 297 Å². The number of allylic oxidation sites excluding steroid dienone is 2. The lowest BCUT2D eigenvalue weighted by atomic mass is 10.0. The topological polar surface area (TPSA) is 95.9 Å². The first-order chi connectivity index (χ1) is 29.5. The van der Waals surface area contributed by atoms with Crippen LogP contribution >= 0.6 is 0 Å². The Labute approximate surface area is 374 Å². The van der Waals surface area contributed by atoms with Gasteiger partial charge in [-0.1, -0.05) is 245 Å². The maximum Gasteiger partial charge on any atom is 0.306 e. The van der Waals surface area contributed by atoms with Gasteiger partial charge >= 0.3 is 5.97 Å². The van der Waals surface area contributed by atoms with Gasteiger partial charge in [-0.2, -0.15) is 0 Å². The Morgan fingerprint density at radius 3 is 1.18 bits per heavy atom. The molecule has 0 heterocycles. The number of aliphatic hydroxyl groups is 2. The van der Waals surface area contributed by atoms with Gasteiger partial charge in [0.2, 0.25) is 5.91 Å². The zero-order valence-electron chi connectivity index (χ0n) is 40.6. The minimum absolute atomic E-state index is 0.0815. The second-order valence-electron chi connectivity index (χ2n) is 18.6. The molecule has 0 aliphatic heterocycles. The number of unbranched alkanes of at least 4 members (excludes halogenated alkanes) is 35. The fourth-order valence-corrected chi connectivity index (χ4v) is 8.49. The minimum Gasteiger partial charge on any atom is -0.462 e. The van der Waals surface area contributed by atoms with E-state index in [2.05, 4.69) is 38.2 Å². The molecule has 0 radical (unpaired) electrons. The van der Waals surface area contributed by atoms with Gasteiger partial charge in [-0.25, -0.2) is 0 Å². The number of ether oxygens (including phenoxy) is 1. The van der Waals surface area contributed by atoms with E-state index in [0.29, 0.717) is 19.3 Å². The molecule has 0 fully saturated rings. The lowest BCUT2D eigenvalue weighted by Crippen LogP contribution is -2.46. The van der Waals surface area contributed by atoms with E-state index in [-0.39, 0.29) is 24.9 Å². The summed E-state index contributed by atoms with van der Waals surface area (Å²) in [5.74, 6) is -0.465. The van der Waals surface area contributed by atoms with E-state index in [4.69, 9.17) is 4.74 Å². The lowest BCUT2D eigenvalue weighted by Gasteiger charge is -2.24. The van der Waals surface area contributed by atoms with Crippen molar-refractivity contribution in [2.24, 2.45) is 0 Å². The van der Waals surface area contributed by atoms with Crippen molar-refractivity contribution in [2.75, 3.05) is 6.61 Å². The Morgan fingerprint density at radius 1 is 0.467 bits per heavy atom. The molecule has 0 aromatic carbocycles. The summed E-state index contributed by atoms with van der Waals surface area (Å²) in [7, 11) is 0. The van der Waals surface area contributed by atoms with E-state index in [1.54, 1.807) is 0 Å². The van der Waals surface area contributed by atoms with Gasteiger partial charge in [-0.15, -0.1) is 0 Å². The Kier molecular flexibility index (Phi) is 47.5. The fraction of sp³-hybridized carbons (Fsp3) is 0.926. The van der Waals surface area contributed by atoms with Crippen LogP contribution in [-0.4, -0.2) is 46.9 Å². The van der Waals surface area contributed by atoms with E-state index in [1.807, 2.05) is 0 Å². The van der Waals surface area contributed by atoms with E-state index in [0.717, 1.165) is 51.4 Å². The number of carbonyl (C=O) groups excluding carboxylic acids is 2. The fourth-order valence-electron chi connectivity index (χ4n) is 8.49. The average molecular weight is 848 g/mol. The second kappa shape index (κ2) is 48.6. The average Bonchev–Trinajstić information content (AvgIpc) is 3.24. The number of amides is 1. The summed E-state index contributed by atoms with van der Waals surface area (Å²) in [6, 6.07) is -0.695. The first kappa shape index (κ1) is 58.6. The molecule has 0 saturated heterocycles. The number of aliphatic hydroxyl groups excluding tert-OH is 2. The standard InChI is InChI=1S/C54H105NO5/c1-4-7-10-13-16-19-22-24-25-26-27-28-30-32-35-38-41-44-47-54(59)60-50(45-42-39-36-33-31-29-23-20-17-14-11-8-5-2)48-53(58)55-51(49-56)52(57)46-43-40-37-34-21-18-15-12-9-6-3/h27-28,50-52,56-57H,4-26,29-49H2,1-3H3,(H,55,58)/b28-27+. The zero-order valence-corrected chi connectivity index (χ0v) is 40.6. The third kappa shape index (κ3) is 43.3. The van der Waals surface area contributed by atoms with Crippen LogP contribution in [0.3, 0.4) is 0 Å². The number of esters is 1. The molecule has 0 spiro atoms. The number of carbonyl (C=O) groups is 2. The highest BCUT2D eigenvalue weighted by Gasteiger charge is 2.24. The van der Waals surface area contributed by atoms with Gasteiger partial charge in [0.15, 0.2) is 0 Å². The monoisotopic (exact) mass is 848 g/mol. The molecule has 3 unspecified atom stereocenters. The quantitative estimate of drug-likeness (QED) is 0.0322. The molecule has 60 heavy (non-hydrogen) atoms. The van der Waals surface area contributed by atoms with Crippen LogP contribution in [0.25, 0.3) is 0 Å². The van der Waals surface area contributed by atoms with Crippen LogP contribution in [0.4, 0.5) is 0 Å². The molecule has 0 aromatic heterocycles. The molecule has 3 atom stereocenters. The van der Waals surface area contributed by atoms with E-state index < -0.39 is 18.2 Å². The zero-order chi connectivity index (χ0) is 43.8. The highest BCUT2D eigenvalue weighted by molar-refractivity contribution is 5.77. The Hall–Kier alpha value is -1.40. The van der Waals surface area contributed by atoms with Crippen LogP contribution in [0.5, 0.6) is 0 Å². The molecule has 0 aliphatic rings. The van der Waals surface area contributed by atoms with Crippen molar-refractivity contribution >= 4 is 11.9 Å². The predicted octanol–water partition coefficient (Wildman–Crippen LogP) is 16.1.